The van der Waals surface area contributed by atoms with Crippen molar-refractivity contribution in [2.45, 2.75) is 39.0 Å². The molecule has 33 heavy (non-hydrogen) atoms. The molecule has 0 spiro atoms. The summed E-state index contributed by atoms with van der Waals surface area (Å²) in [4.78, 5) is 25.7. The maximum atomic E-state index is 13.1. The van der Waals surface area contributed by atoms with Gasteiger partial charge in [-0.2, -0.15) is 0 Å². The van der Waals surface area contributed by atoms with Crippen LogP contribution in [0, 0.1) is 6.92 Å². The van der Waals surface area contributed by atoms with E-state index in [0.29, 0.717) is 23.0 Å². The number of benzene rings is 1. The predicted molar refractivity (Wildman–Crippen MR) is 123 cm³/mol. The van der Waals surface area contributed by atoms with Gasteiger partial charge in [-0.05, 0) is 45.0 Å². The Balaban J connectivity index is 1.42. The first-order valence-corrected chi connectivity index (χ1v) is 10.6. The van der Waals surface area contributed by atoms with Crippen LogP contribution < -0.4 is 21.1 Å². The SMILES string of the molecule is Cc1ncc(-c2cc3c(cc2NC(=O)C2=COC(c4ccnc(N)c4)N2)CC(C)(C)O3)cn1. The van der Waals surface area contributed by atoms with Gasteiger partial charge in [0.05, 0.1) is 0 Å². The van der Waals surface area contributed by atoms with Gasteiger partial charge in [0.2, 0.25) is 0 Å². The van der Waals surface area contributed by atoms with Crippen molar-refractivity contribution in [2.24, 2.45) is 0 Å². The van der Waals surface area contributed by atoms with Crippen molar-refractivity contribution in [3.63, 3.8) is 0 Å². The third-order valence-corrected chi connectivity index (χ3v) is 5.50. The van der Waals surface area contributed by atoms with E-state index in [0.717, 1.165) is 34.4 Å². The average Bonchev–Trinajstić information content (AvgIpc) is 3.37. The summed E-state index contributed by atoms with van der Waals surface area (Å²) in [6, 6.07) is 7.36. The van der Waals surface area contributed by atoms with Crippen molar-refractivity contribution in [1.82, 2.24) is 20.3 Å². The van der Waals surface area contributed by atoms with Gasteiger partial charge in [0.25, 0.3) is 5.91 Å². The highest BCUT2D eigenvalue weighted by Gasteiger charge is 2.32. The van der Waals surface area contributed by atoms with Gasteiger partial charge in [0, 0.05) is 53.0 Å². The van der Waals surface area contributed by atoms with E-state index < -0.39 is 6.23 Å². The lowest BCUT2D eigenvalue weighted by molar-refractivity contribution is -0.113. The Hall–Kier alpha value is -4.14. The third-order valence-electron chi connectivity index (χ3n) is 5.50. The number of fused-ring (bicyclic) bond motifs is 1. The quantitative estimate of drug-likeness (QED) is 0.560. The molecule has 0 bridgehead atoms. The van der Waals surface area contributed by atoms with Gasteiger partial charge in [-0.25, -0.2) is 15.0 Å². The van der Waals surface area contributed by atoms with Crippen molar-refractivity contribution in [3.8, 4) is 16.9 Å². The van der Waals surface area contributed by atoms with Crippen LogP contribution in [0.1, 0.15) is 37.0 Å². The van der Waals surface area contributed by atoms with Crippen molar-refractivity contribution >= 4 is 17.4 Å². The number of amides is 1. The molecule has 0 fully saturated rings. The van der Waals surface area contributed by atoms with Gasteiger partial charge in [-0.1, -0.05) is 0 Å². The summed E-state index contributed by atoms with van der Waals surface area (Å²) < 4.78 is 11.7. The van der Waals surface area contributed by atoms with Crippen LogP contribution in [0.5, 0.6) is 5.75 Å². The number of carbonyl (C=O) groups is 1. The lowest BCUT2D eigenvalue weighted by Gasteiger charge is -2.17. The van der Waals surface area contributed by atoms with Gasteiger partial charge >= 0.3 is 0 Å². The first-order valence-electron chi connectivity index (χ1n) is 10.6. The zero-order valence-corrected chi connectivity index (χ0v) is 18.5. The van der Waals surface area contributed by atoms with E-state index in [9.17, 15) is 4.79 Å². The summed E-state index contributed by atoms with van der Waals surface area (Å²) in [5.74, 6) is 1.52. The molecular formula is C24H24N6O3. The van der Waals surface area contributed by atoms with Gasteiger partial charge < -0.3 is 25.8 Å². The lowest BCUT2D eigenvalue weighted by atomic mass is 9.98. The Morgan fingerprint density at radius 2 is 2.00 bits per heavy atom. The Kier molecular flexibility index (Phi) is 4.88. The maximum Gasteiger partial charge on any atom is 0.275 e. The molecule has 0 saturated carbocycles. The standard InChI is InChI=1S/C24H24N6O3/c1-13-27-10-16(11-28-13)17-8-20-15(9-24(2,3)33-20)6-18(17)29-22(31)19-12-32-23(30-19)14-4-5-26-21(25)7-14/h4-8,10-12,23,30H,9H2,1-3H3,(H2,25,26)(H,29,31). The fourth-order valence-corrected chi connectivity index (χ4v) is 3.97. The minimum atomic E-state index is -0.518. The third kappa shape index (κ3) is 4.17. The molecule has 4 heterocycles. The first-order chi connectivity index (χ1) is 15.8. The van der Waals surface area contributed by atoms with E-state index >= 15 is 0 Å². The number of anilines is 2. The zero-order chi connectivity index (χ0) is 23.2. The van der Waals surface area contributed by atoms with Crippen LogP contribution in [-0.2, 0) is 16.0 Å². The second kappa shape index (κ2) is 7.77. The van der Waals surface area contributed by atoms with Crippen LogP contribution in [0.2, 0.25) is 0 Å². The predicted octanol–water partition coefficient (Wildman–Crippen LogP) is 3.24. The molecule has 3 aromatic rings. The molecule has 2 aromatic heterocycles. The van der Waals surface area contributed by atoms with E-state index in [4.69, 9.17) is 15.2 Å². The van der Waals surface area contributed by atoms with Gasteiger partial charge in [0.1, 0.15) is 35.0 Å². The number of aromatic nitrogens is 3. The van der Waals surface area contributed by atoms with Crippen molar-refractivity contribution in [3.05, 3.63) is 71.8 Å². The molecule has 2 aliphatic heterocycles. The minimum absolute atomic E-state index is 0.304. The molecule has 2 aliphatic rings. The average molecular weight is 444 g/mol. The summed E-state index contributed by atoms with van der Waals surface area (Å²) in [5.41, 5.74) is 9.75. The minimum Gasteiger partial charge on any atom is -0.487 e. The molecule has 5 rings (SSSR count). The van der Waals surface area contributed by atoms with Gasteiger partial charge in [-0.3, -0.25) is 4.79 Å². The Bertz CT molecular complexity index is 1270. The molecule has 0 saturated heterocycles. The van der Waals surface area contributed by atoms with E-state index in [-0.39, 0.29) is 11.5 Å². The summed E-state index contributed by atoms with van der Waals surface area (Å²) >= 11 is 0. The number of hydrogen-bond donors (Lipinski definition) is 3. The second-order valence-electron chi connectivity index (χ2n) is 8.72. The second-order valence-corrected chi connectivity index (χ2v) is 8.72. The zero-order valence-electron chi connectivity index (χ0n) is 18.5. The van der Waals surface area contributed by atoms with Crippen LogP contribution in [0.3, 0.4) is 0 Å². The Labute approximate surface area is 191 Å². The molecule has 4 N–H and O–H groups in total. The monoisotopic (exact) mass is 444 g/mol. The molecule has 1 amide bonds. The number of aryl methyl sites for hydroxylation is 1. The fraction of sp³-hybridized carbons (Fsp3) is 0.250. The van der Waals surface area contributed by atoms with Crippen LogP contribution in [0.4, 0.5) is 11.5 Å². The molecule has 0 aliphatic carbocycles. The molecule has 1 aromatic carbocycles. The van der Waals surface area contributed by atoms with Crippen molar-refractivity contribution in [1.29, 1.82) is 0 Å². The van der Waals surface area contributed by atoms with E-state index in [2.05, 4.69) is 25.6 Å². The van der Waals surface area contributed by atoms with Crippen LogP contribution in [-0.4, -0.2) is 26.5 Å². The molecule has 1 unspecified atom stereocenters. The van der Waals surface area contributed by atoms with Gasteiger partial charge in [-0.15, -0.1) is 0 Å². The first kappa shape index (κ1) is 20.7. The number of nitrogens with one attached hydrogen (secondary N) is 2. The van der Waals surface area contributed by atoms with Crippen LogP contribution >= 0.6 is 0 Å². The summed E-state index contributed by atoms with van der Waals surface area (Å²) in [6.45, 7) is 5.90. The number of nitrogens with two attached hydrogens (primary N) is 1. The molecule has 168 valence electrons. The van der Waals surface area contributed by atoms with E-state index in [1.54, 1.807) is 30.7 Å². The molecule has 0 radical (unpaired) electrons. The number of rotatable bonds is 4. The topological polar surface area (TPSA) is 124 Å². The van der Waals surface area contributed by atoms with Crippen molar-refractivity contribution < 1.29 is 14.3 Å². The fourth-order valence-electron chi connectivity index (χ4n) is 3.97. The molecule has 9 heteroatoms. The van der Waals surface area contributed by atoms with Crippen molar-refractivity contribution in [2.75, 3.05) is 11.1 Å². The highest BCUT2D eigenvalue weighted by atomic mass is 16.5. The molecule has 1 atom stereocenters. The number of pyridine rings is 1. The Morgan fingerprint density at radius 1 is 1.21 bits per heavy atom. The van der Waals surface area contributed by atoms with Crippen LogP contribution in [0.25, 0.3) is 11.1 Å². The van der Waals surface area contributed by atoms with Gasteiger partial charge in [0.15, 0.2) is 6.23 Å². The summed E-state index contributed by atoms with van der Waals surface area (Å²) in [5, 5.41) is 6.09. The Morgan fingerprint density at radius 3 is 2.76 bits per heavy atom. The highest BCUT2D eigenvalue weighted by Crippen LogP contribution is 2.41. The normalized spacial score (nSPS) is 17.9. The number of carbonyl (C=O) groups excluding carboxylic acids is 1. The number of nitrogens with zero attached hydrogens (tertiary/aromatic N) is 3. The lowest BCUT2D eigenvalue weighted by Crippen LogP contribution is -2.25. The summed E-state index contributed by atoms with van der Waals surface area (Å²) in [7, 11) is 0. The van der Waals surface area contributed by atoms with E-state index in [1.807, 2.05) is 32.9 Å². The van der Waals surface area contributed by atoms with E-state index in [1.165, 1.54) is 6.26 Å². The molecule has 9 nitrogen and oxygen atoms in total. The number of hydrogen-bond acceptors (Lipinski definition) is 8. The smallest absolute Gasteiger partial charge is 0.275 e. The summed E-state index contributed by atoms with van der Waals surface area (Å²) in [6.07, 6.45) is 6.70. The number of ether oxygens (including phenoxy) is 2. The largest absolute Gasteiger partial charge is 0.487 e. The maximum absolute atomic E-state index is 13.1. The number of nitrogen functional groups attached to an aromatic ring is 1. The molecular weight excluding hydrogens is 420 g/mol. The van der Waals surface area contributed by atoms with Crippen LogP contribution in [0.15, 0.2) is 54.8 Å². The highest BCUT2D eigenvalue weighted by molar-refractivity contribution is 6.05.